The van der Waals surface area contributed by atoms with Gasteiger partial charge in [-0.3, -0.25) is 15.0 Å². The smallest absolute Gasteiger partial charge is 0.160 e. The molecule has 30 rings (SSSR count). The SMILES string of the molecule is c1ccc(-c2cccc(-c3ccc4c(c3)c3cc(-c5nc(-c6ccccc6)c6ccccc6n5)cc5c6ccccc6n4c53)c2)cc1.c1ccc(-n2c3ccc(-c4cc5c6ccccc6n6c7ccccc7c(c4)c56)cc3c3ccncc32)cc1.c1ccc(-n2c3ccccc3c3cc(-c4ccc5c(c4)c4cc(-c6ccnc7ccccc67)cc6c7ccccc7n5c64)ncc32)cc1. The average Bonchev–Trinajstić information content (AvgIpc) is 1.53. The largest absolute Gasteiger partial charge is 0.308 e. The van der Waals surface area contributed by atoms with Crippen molar-refractivity contribution in [2.75, 3.05) is 0 Å². The lowest BCUT2D eigenvalue weighted by Gasteiger charge is -2.10. The van der Waals surface area contributed by atoms with Gasteiger partial charge in [0.2, 0.25) is 0 Å². The van der Waals surface area contributed by atoms with E-state index in [1.165, 1.54) is 191 Å². The normalized spacial score (nSPS) is 12.1. The Morgan fingerprint density at radius 2 is 0.549 bits per heavy atom. The maximum atomic E-state index is 5.25. The average molecular weight is 1690 g/mol. The lowest BCUT2D eigenvalue weighted by Crippen LogP contribution is -1.95. The minimum atomic E-state index is 0.734. The van der Waals surface area contributed by atoms with Gasteiger partial charge in [0, 0.05) is 137 Å². The van der Waals surface area contributed by atoms with E-state index in [-0.39, 0.29) is 0 Å². The summed E-state index contributed by atoms with van der Waals surface area (Å²) in [4.78, 5) is 24.6. The van der Waals surface area contributed by atoms with Gasteiger partial charge in [0.1, 0.15) is 0 Å². The number of nitrogens with zero attached hydrogens (tertiary/aromatic N) is 10. The Kier molecular flexibility index (Phi) is 16.3. The van der Waals surface area contributed by atoms with Gasteiger partial charge in [0.05, 0.1) is 107 Å². The van der Waals surface area contributed by atoms with Gasteiger partial charge in [0.25, 0.3) is 0 Å². The molecule has 12 aromatic heterocycles. The highest BCUT2D eigenvalue weighted by molar-refractivity contribution is 6.28. The van der Waals surface area contributed by atoms with Crippen molar-refractivity contribution in [3.05, 3.63) is 449 Å². The van der Waals surface area contributed by atoms with Crippen LogP contribution in [0.4, 0.5) is 0 Å². The lowest BCUT2D eigenvalue weighted by molar-refractivity contribution is 1.17. The molecule has 133 heavy (non-hydrogen) atoms. The van der Waals surface area contributed by atoms with Crippen LogP contribution >= 0.6 is 0 Å². The summed E-state index contributed by atoms with van der Waals surface area (Å²) >= 11 is 0. The van der Waals surface area contributed by atoms with Crippen molar-refractivity contribution in [3.8, 4) is 89.8 Å². The number of rotatable bonds is 9. The molecule has 10 nitrogen and oxygen atoms in total. The van der Waals surface area contributed by atoms with Crippen LogP contribution in [-0.2, 0) is 0 Å². The Labute approximate surface area is 761 Å². The minimum Gasteiger partial charge on any atom is -0.308 e. The van der Waals surface area contributed by atoms with Crippen molar-refractivity contribution < 1.29 is 0 Å². The van der Waals surface area contributed by atoms with Crippen LogP contribution in [0.5, 0.6) is 0 Å². The topological polar surface area (TPSA) is 87.5 Å². The monoisotopic (exact) mass is 1690 g/mol. The number of fused-ring (bicyclic) bond motifs is 26. The highest BCUT2D eigenvalue weighted by Gasteiger charge is 2.27. The molecule has 12 heterocycles. The first-order valence-electron chi connectivity index (χ1n) is 45.3. The van der Waals surface area contributed by atoms with Gasteiger partial charge < -0.3 is 22.3 Å². The molecule has 0 unspecified atom stereocenters. The third-order valence-corrected chi connectivity index (χ3v) is 27.8. The number of pyridine rings is 3. The second kappa shape index (κ2) is 29.3. The summed E-state index contributed by atoms with van der Waals surface area (Å²) in [5.41, 5.74) is 34.8. The Balaban J connectivity index is 0.000000100. The Hall–Kier alpha value is -18.0. The number of aromatic nitrogens is 10. The van der Waals surface area contributed by atoms with E-state index in [1.807, 2.05) is 30.9 Å². The van der Waals surface area contributed by atoms with Crippen molar-refractivity contribution in [1.29, 1.82) is 0 Å². The van der Waals surface area contributed by atoms with Gasteiger partial charge in [-0.15, -0.1) is 0 Å². The van der Waals surface area contributed by atoms with Crippen molar-refractivity contribution >= 4 is 180 Å². The summed E-state index contributed by atoms with van der Waals surface area (Å²) in [6.07, 6.45) is 7.82. The van der Waals surface area contributed by atoms with Gasteiger partial charge in [-0.1, -0.05) is 261 Å². The van der Waals surface area contributed by atoms with Crippen LogP contribution in [0.2, 0.25) is 0 Å². The van der Waals surface area contributed by atoms with Crippen molar-refractivity contribution in [2.45, 2.75) is 0 Å². The summed E-state index contributed by atoms with van der Waals surface area (Å²) in [6, 6.07) is 153. The van der Waals surface area contributed by atoms with E-state index in [4.69, 9.17) is 15.0 Å². The fourth-order valence-corrected chi connectivity index (χ4v) is 21.9. The highest BCUT2D eigenvalue weighted by atomic mass is 15.0. The van der Waals surface area contributed by atoms with E-state index in [1.54, 1.807) is 0 Å². The molecule has 0 bridgehead atoms. The molecular weight excluding hydrogens is 1620 g/mol. The van der Waals surface area contributed by atoms with Crippen LogP contribution in [0.25, 0.3) is 269 Å². The highest BCUT2D eigenvalue weighted by Crippen LogP contribution is 2.49. The Bertz CT molecular complexity index is 9890. The third kappa shape index (κ3) is 11.4. The summed E-state index contributed by atoms with van der Waals surface area (Å²) in [5, 5.41) is 22.2. The second-order valence-corrected chi connectivity index (χ2v) is 35.0. The molecule has 18 aromatic carbocycles. The molecular formula is C123H74N10. The standard InChI is InChI=1S/C44H26N4.C44H27N3.C35H21N3/c1-2-10-29(11-3-1)47-40-16-8-5-13-32(40)35-25-39(46-26-43(35)47)27-18-19-42-34(22-27)37-24-28(30-20-21-45-38-15-7-4-12-31(30)38)23-36-33-14-6-9-17-41(33)48(42)44(36)37;1-3-12-28(13-4-1)30-16-11-17-31(24-30)32-22-23-41-36(25-32)38-27-33(26-37-34-18-8-10-21-40(34)47(41)43(37)38)44-45-39-20-9-7-19-35(39)42(46-44)29-14-5-2-6-15-29;1-2-8-24(9-3-1)37-33-15-14-22(18-28(33)27-16-17-36-21-34(27)37)23-19-29-25-10-4-6-12-31(25)38-32-13-7-5-11-26(32)30(20-23)35(29)38/h1-26H;1-27H;1-21H. The van der Waals surface area contributed by atoms with E-state index in [0.29, 0.717) is 0 Å². The number of para-hydroxylation sites is 9. The third-order valence-electron chi connectivity index (χ3n) is 27.8. The molecule has 0 aliphatic rings. The molecule has 0 N–H and O–H groups in total. The number of hydrogen-bond acceptors (Lipinski definition) is 5. The van der Waals surface area contributed by atoms with Crippen LogP contribution in [0.1, 0.15) is 0 Å². The van der Waals surface area contributed by atoms with E-state index >= 15 is 0 Å². The number of hydrogen-bond donors (Lipinski definition) is 0. The van der Waals surface area contributed by atoms with Gasteiger partial charge >= 0.3 is 0 Å². The summed E-state index contributed by atoms with van der Waals surface area (Å²) in [7, 11) is 0. The van der Waals surface area contributed by atoms with E-state index in [9.17, 15) is 0 Å². The first-order chi connectivity index (χ1) is 66.0. The minimum absolute atomic E-state index is 0.734. The molecule has 0 saturated heterocycles. The summed E-state index contributed by atoms with van der Waals surface area (Å²) < 4.78 is 11.9. The molecule has 616 valence electrons. The van der Waals surface area contributed by atoms with E-state index in [2.05, 4.69) is 451 Å². The Morgan fingerprint density at radius 3 is 1.12 bits per heavy atom. The first-order valence-corrected chi connectivity index (χ1v) is 45.3. The fraction of sp³-hybridized carbons (Fsp3) is 0. The molecule has 0 radical (unpaired) electrons. The van der Waals surface area contributed by atoms with Gasteiger partial charge in [-0.25, -0.2) is 9.97 Å². The molecule has 10 heteroatoms. The predicted molar refractivity (Wildman–Crippen MR) is 554 cm³/mol. The molecule has 0 amide bonds. The van der Waals surface area contributed by atoms with Crippen LogP contribution in [-0.4, -0.2) is 47.3 Å². The Morgan fingerprint density at radius 1 is 0.180 bits per heavy atom. The van der Waals surface area contributed by atoms with Gasteiger partial charge in [0.15, 0.2) is 5.82 Å². The quantitative estimate of drug-likeness (QED) is 0.144. The van der Waals surface area contributed by atoms with Gasteiger partial charge in [-0.05, 0) is 208 Å². The van der Waals surface area contributed by atoms with Crippen molar-refractivity contribution in [2.24, 2.45) is 0 Å². The van der Waals surface area contributed by atoms with Crippen LogP contribution in [0.15, 0.2) is 449 Å². The van der Waals surface area contributed by atoms with Crippen LogP contribution in [0, 0.1) is 0 Å². The van der Waals surface area contributed by atoms with Crippen molar-refractivity contribution in [1.82, 2.24) is 47.3 Å². The maximum absolute atomic E-state index is 5.25. The predicted octanol–water partition coefficient (Wildman–Crippen LogP) is 31.7. The zero-order valence-corrected chi connectivity index (χ0v) is 71.7. The maximum Gasteiger partial charge on any atom is 0.160 e. The zero-order chi connectivity index (χ0) is 87.0. The lowest BCUT2D eigenvalue weighted by atomic mass is 9.96. The summed E-state index contributed by atoms with van der Waals surface area (Å²) in [6.45, 7) is 0. The first kappa shape index (κ1) is 74.1. The van der Waals surface area contributed by atoms with Crippen molar-refractivity contribution in [3.63, 3.8) is 0 Å². The molecule has 0 aliphatic heterocycles. The molecule has 30 aromatic rings. The fourth-order valence-electron chi connectivity index (χ4n) is 21.9. The zero-order valence-electron chi connectivity index (χ0n) is 71.7. The molecule has 0 saturated carbocycles. The molecule has 0 aliphatic carbocycles. The van der Waals surface area contributed by atoms with Crippen LogP contribution < -0.4 is 0 Å². The summed E-state index contributed by atoms with van der Waals surface area (Å²) in [5.74, 6) is 0.734. The van der Waals surface area contributed by atoms with Crippen LogP contribution in [0.3, 0.4) is 0 Å². The molecule has 0 atom stereocenters. The molecule has 0 spiro atoms. The van der Waals surface area contributed by atoms with E-state index in [0.717, 1.165) is 78.1 Å². The van der Waals surface area contributed by atoms with Gasteiger partial charge in [-0.2, -0.15) is 0 Å². The molecule has 0 fully saturated rings. The second-order valence-electron chi connectivity index (χ2n) is 35.0. The van der Waals surface area contributed by atoms with E-state index < -0.39 is 0 Å². The number of benzene rings is 18.